The smallest absolute Gasteiger partial charge is 0.341 e. The fourth-order valence-electron chi connectivity index (χ4n) is 1.88. The molecule has 0 amide bonds. The van der Waals surface area contributed by atoms with E-state index in [0.717, 1.165) is 11.4 Å². The number of carbonyl (C=O) groups is 1. The van der Waals surface area contributed by atoms with Crippen LogP contribution in [-0.4, -0.2) is 30.4 Å². The zero-order valence-corrected chi connectivity index (χ0v) is 10.2. The van der Waals surface area contributed by atoms with Gasteiger partial charge < -0.3 is 5.11 Å². The first-order chi connectivity index (χ1) is 7.93. The molecule has 6 heteroatoms. The number of rotatable bonds is 2. The van der Waals surface area contributed by atoms with Gasteiger partial charge in [-0.3, -0.25) is 9.25 Å². The van der Waals surface area contributed by atoms with Crippen molar-refractivity contribution in [2.24, 2.45) is 7.05 Å². The normalized spacial score (nSPS) is 10.8. The molecule has 2 rings (SSSR count). The van der Waals surface area contributed by atoms with Crippen LogP contribution < -0.4 is 0 Å². The molecule has 2 aromatic heterocycles. The van der Waals surface area contributed by atoms with E-state index in [4.69, 9.17) is 0 Å². The molecule has 0 aliphatic rings. The number of nitrogens with zero attached hydrogens (tertiary/aromatic N) is 4. The number of carboxylic acids is 1. The van der Waals surface area contributed by atoms with Crippen LogP contribution in [0.3, 0.4) is 0 Å². The van der Waals surface area contributed by atoms with Crippen molar-refractivity contribution in [2.45, 2.75) is 20.8 Å². The number of imidazole rings is 1. The van der Waals surface area contributed by atoms with Crippen LogP contribution >= 0.6 is 0 Å². The van der Waals surface area contributed by atoms with Crippen LogP contribution in [0.25, 0.3) is 5.82 Å². The van der Waals surface area contributed by atoms with Crippen molar-refractivity contribution in [3.05, 3.63) is 29.0 Å². The molecule has 2 aromatic rings. The predicted molar refractivity (Wildman–Crippen MR) is 61.5 cm³/mol. The summed E-state index contributed by atoms with van der Waals surface area (Å²) in [5.74, 6) is -0.440. The second-order valence-corrected chi connectivity index (χ2v) is 4.00. The summed E-state index contributed by atoms with van der Waals surface area (Å²) in [6.45, 7) is 5.47. The molecular weight excluding hydrogens is 220 g/mol. The van der Waals surface area contributed by atoms with Crippen LogP contribution in [0.4, 0.5) is 0 Å². The second-order valence-electron chi connectivity index (χ2n) is 4.00. The Labute approximate surface area is 98.5 Å². The average Bonchev–Trinajstić information content (AvgIpc) is 2.69. The first kappa shape index (κ1) is 11.4. The molecule has 0 spiro atoms. The molecule has 0 aliphatic carbocycles. The van der Waals surface area contributed by atoms with Gasteiger partial charge in [-0.05, 0) is 20.8 Å². The van der Waals surface area contributed by atoms with E-state index in [0.29, 0.717) is 11.5 Å². The maximum absolute atomic E-state index is 11.3. The van der Waals surface area contributed by atoms with E-state index in [2.05, 4.69) is 10.1 Å². The van der Waals surface area contributed by atoms with E-state index in [1.807, 2.05) is 13.8 Å². The van der Waals surface area contributed by atoms with Gasteiger partial charge in [0.25, 0.3) is 0 Å². The van der Waals surface area contributed by atoms with Crippen molar-refractivity contribution in [1.29, 1.82) is 0 Å². The van der Waals surface area contributed by atoms with Crippen LogP contribution in [0.1, 0.15) is 27.4 Å². The number of hydrogen-bond donors (Lipinski definition) is 1. The van der Waals surface area contributed by atoms with Crippen molar-refractivity contribution in [3.63, 3.8) is 0 Å². The fourth-order valence-corrected chi connectivity index (χ4v) is 1.88. The Morgan fingerprint density at radius 2 is 1.94 bits per heavy atom. The molecule has 0 saturated heterocycles. The maximum Gasteiger partial charge on any atom is 0.341 e. The van der Waals surface area contributed by atoms with Crippen molar-refractivity contribution < 1.29 is 9.90 Å². The largest absolute Gasteiger partial charge is 0.477 e. The van der Waals surface area contributed by atoms with Crippen LogP contribution in [0.5, 0.6) is 0 Å². The van der Waals surface area contributed by atoms with E-state index in [9.17, 15) is 9.90 Å². The van der Waals surface area contributed by atoms with Crippen molar-refractivity contribution in [2.75, 3.05) is 0 Å². The second kappa shape index (κ2) is 3.73. The van der Waals surface area contributed by atoms with Gasteiger partial charge in [0.2, 0.25) is 0 Å². The lowest BCUT2D eigenvalue weighted by molar-refractivity contribution is 0.0696. The first-order valence-corrected chi connectivity index (χ1v) is 5.21. The quantitative estimate of drug-likeness (QED) is 0.848. The molecule has 0 atom stereocenters. The molecule has 0 fully saturated rings. The van der Waals surface area contributed by atoms with Crippen molar-refractivity contribution in [1.82, 2.24) is 19.3 Å². The summed E-state index contributed by atoms with van der Waals surface area (Å²) in [4.78, 5) is 15.4. The van der Waals surface area contributed by atoms with Gasteiger partial charge in [0.1, 0.15) is 11.9 Å². The zero-order chi connectivity index (χ0) is 12.7. The highest BCUT2D eigenvalue weighted by molar-refractivity contribution is 5.92. The molecule has 0 saturated carbocycles. The molecular formula is C11H14N4O2. The molecule has 0 bridgehead atoms. The van der Waals surface area contributed by atoms with E-state index in [1.165, 1.54) is 0 Å². The number of hydrogen-bond acceptors (Lipinski definition) is 3. The Morgan fingerprint density at radius 3 is 2.41 bits per heavy atom. The molecule has 2 heterocycles. The topological polar surface area (TPSA) is 72.9 Å². The predicted octanol–water partition coefficient (Wildman–Crippen LogP) is 1.23. The van der Waals surface area contributed by atoms with Gasteiger partial charge in [0, 0.05) is 12.7 Å². The molecule has 6 nitrogen and oxygen atoms in total. The molecule has 0 unspecified atom stereocenters. The molecule has 0 aromatic carbocycles. The highest BCUT2D eigenvalue weighted by atomic mass is 16.4. The van der Waals surface area contributed by atoms with Crippen molar-refractivity contribution in [3.8, 4) is 5.82 Å². The zero-order valence-electron chi connectivity index (χ0n) is 10.2. The highest BCUT2D eigenvalue weighted by Crippen LogP contribution is 2.20. The highest BCUT2D eigenvalue weighted by Gasteiger charge is 2.22. The van der Waals surface area contributed by atoms with Crippen molar-refractivity contribution >= 4 is 5.97 Å². The molecule has 17 heavy (non-hydrogen) atoms. The number of aromatic carboxylic acids is 1. The van der Waals surface area contributed by atoms with Gasteiger partial charge in [-0.15, -0.1) is 0 Å². The number of aryl methyl sites for hydroxylation is 3. The van der Waals surface area contributed by atoms with E-state index in [-0.39, 0.29) is 5.56 Å². The fraction of sp³-hybridized carbons (Fsp3) is 0.364. The third-order valence-corrected chi connectivity index (χ3v) is 2.89. The van der Waals surface area contributed by atoms with Crippen LogP contribution in [-0.2, 0) is 7.05 Å². The maximum atomic E-state index is 11.3. The Balaban J connectivity index is 2.75. The van der Waals surface area contributed by atoms with E-state index >= 15 is 0 Å². The molecule has 90 valence electrons. The molecule has 0 radical (unpaired) electrons. The third-order valence-electron chi connectivity index (χ3n) is 2.89. The van der Waals surface area contributed by atoms with Gasteiger partial charge in [-0.1, -0.05) is 0 Å². The number of aromatic nitrogens is 4. The molecule has 0 aliphatic heterocycles. The van der Waals surface area contributed by atoms with Crippen LogP contribution in [0, 0.1) is 20.8 Å². The summed E-state index contributed by atoms with van der Waals surface area (Å²) in [7, 11) is 1.73. The summed E-state index contributed by atoms with van der Waals surface area (Å²) >= 11 is 0. The molecule has 1 N–H and O–H groups in total. The number of carboxylic acid groups (broad SMARTS) is 1. The van der Waals surface area contributed by atoms with Gasteiger partial charge in [0.15, 0.2) is 5.82 Å². The van der Waals surface area contributed by atoms with Gasteiger partial charge >= 0.3 is 5.97 Å². The lowest BCUT2D eigenvalue weighted by atomic mass is 10.2. The minimum atomic E-state index is -0.976. The summed E-state index contributed by atoms with van der Waals surface area (Å²) in [6, 6.07) is 0. The van der Waals surface area contributed by atoms with Gasteiger partial charge in [-0.2, -0.15) is 5.10 Å². The lowest BCUT2D eigenvalue weighted by Gasteiger charge is -2.07. The summed E-state index contributed by atoms with van der Waals surface area (Å²) in [5, 5.41) is 13.4. The first-order valence-electron chi connectivity index (χ1n) is 5.21. The van der Waals surface area contributed by atoms with Gasteiger partial charge in [-0.25, -0.2) is 9.78 Å². The third kappa shape index (κ3) is 1.61. The standard InChI is InChI=1S/C11H14N4O2/c1-6-8(3)15(5-12-6)10-9(11(16)17)7(2)13-14(10)4/h5H,1-4H3,(H,16,17). The SMILES string of the molecule is Cc1nn(C)c(-n2cnc(C)c2C)c1C(=O)O. The van der Waals surface area contributed by atoms with Crippen LogP contribution in [0.2, 0.25) is 0 Å². The Hall–Kier alpha value is -2.11. The monoisotopic (exact) mass is 234 g/mol. The Bertz CT molecular complexity index is 595. The lowest BCUT2D eigenvalue weighted by Crippen LogP contribution is -2.09. The average molecular weight is 234 g/mol. The van der Waals surface area contributed by atoms with E-state index < -0.39 is 5.97 Å². The Morgan fingerprint density at radius 1 is 1.29 bits per heavy atom. The summed E-state index contributed by atoms with van der Waals surface area (Å²) < 4.78 is 3.31. The van der Waals surface area contributed by atoms with Gasteiger partial charge in [0.05, 0.1) is 11.4 Å². The Kier molecular flexibility index (Phi) is 2.49. The summed E-state index contributed by atoms with van der Waals surface area (Å²) in [6.07, 6.45) is 1.62. The summed E-state index contributed by atoms with van der Waals surface area (Å²) in [5.41, 5.74) is 2.50. The van der Waals surface area contributed by atoms with Crippen LogP contribution in [0.15, 0.2) is 6.33 Å². The van der Waals surface area contributed by atoms with E-state index in [1.54, 1.807) is 29.5 Å². The minimum absolute atomic E-state index is 0.216. The minimum Gasteiger partial charge on any atom is -0.477 e.